The van der Waals surface area contributed by atoms with Crippen molar-refractivity contribution < 1.29 is 9.13 Å². The van der Waals surface area contributed by atoms with Crippen LogP contribution in [0, 0.1) is 5.82 Å². The molecule has 0 aromatic heterocycles. The molecule has 0 bridgehead atoms. The van der Waals surface area contributed by atoms with Crippen molar-refractivity contribution in [1.82, 2.24) is 4.90 Å². The van der Waals surface area contributed by atoms with E-state index in [4.69, 9.17) is 10.5 Å². The third-order valence-corrected chi connectivity index (χ3v) is 4.63. The number of nitrogens with two attached hydrogens (primary N) is 1. The second kappa shape index (κ2) is 6.20. The molecule has 0 radical (unpaired) electrons. The maximum Gasteiger partial charge on any atom is 0.123 e. The summed E-state index contributed by atoms with van der Waals surface area (Å²) in [7, 11) is 0. The number of nitrogens with zero attached hydrogens (tertiary/aromatic N) is 1. The summed E-state index contributed by atoms with van der Waals surface area (Å²) in [5.41, 5.74) is 6.99. The van der Waals surface area contributed by atoms with Gasteiger partial charge in [-0.15, -0.1) is 0 Å². The van der Waals surface area contributed by atoms with Gasteiger partial charge in [-0.25, -0.2) is 4.39 Å². The lowest BCUT2D eigenvalue weighted by molar-refractivity contribution is -0.102. The van der Waals surface area contributed by atoms with Crippen molar-refractivity contribution in [1.29, 1.82) is 0 Å². The molecule has 1 aliphatic carbocycles. The minimum atomic E-state index is -0.186. The van der Waals surface area contributed by atoms with Gasteiger partial charge in [0.25, 0.3) is 0 Å². The van der Waals surface area contributed by atoms with Crippen LogP contribution >= 0.6 is 0 Å². The van der Waals surface area contributed by atoms with Crippen molar-refractivity contribution in [2.45, 2.75) is 43.9 Å². The van der Waals surface area contributed by atoms with Gasteiger partial charge in [-0.2, -0.15) is 0 Å². The largest absolute Gasteiger partial charge is 0.375 e. The van der Waals surface area contributed by atoms with Crippen LogP contribution < -0.4 is 5.73 Å². The van der Waals surface area contributed by atoms with Crippen molar-refractivity contribution in [2.24, 2.45) is 5.73 Å². The van der Waals surface area contributed by atoms with Crippen molar-refractivity contribution in [2.75, 3.05) is 19.7 Å². The summed E-state index contributed by atoms with van der Waals surface area (Å²) in [6, 6.07) is 7.39. The number of hydrogen-bond acceptors (Lipinski definition) is 3. The molecule has 2 N–H and O–H groups in total. The van der Waals surface area contributed by atoms with Crippen LogP contribution in [0.2, 0.25) is 0 Å². The lowest BCUT2D eigenvalue weighted by Gasteiger charge is -2.47. The van der Waals surface area contributed by atoms with Crippen LogP contribution in [0.3, 0.4) is 0 Å². The predicted molar refractivity (Wildman–Crippen MR) is 76.9 cm³/mol. The summed E-state index contributed by atoms with van der Waals surface area (Å²) in [5.74, 6) is -0.186. The number of hydrogen-bond donors (Lipinski definition) is 1. The van der Waals surface area contributed by atoms with E-state index in [1.165, 1.54) is 18.9 Å². The van der Waals surface area contributed by atoms with Gasteiger partial charge in [0.1, 0.15) is 5.82 Å². The molecule has 2 aliphatic rings. The zero-order chi connectivity index (χ0) is 13.9. The number of ether oxygens (including phenoxy) is 1. The summed E-state index contributed by atoms with van der Waals surface area (Å²) in [4.78, 5) is 2.45. The van der Waals surface area contributed by atoms with Crippen LogP contribution in [0.1, 0.15) is 37.3 Å². The van der Waals surface area contributed by atoms with Gasteiger partial charge in [-0.05, 0) is 30.5 Å². The summed E-state index contributed by atoms with van der Waals surface area (Å²) >= 11 is 0. The highest BCUT2D eigenvalue weighted by atomic mass is 19.1. The summed E-state index contributed by atoms with van der Waals surface area (Å²) in [6.07, 6.45) is 5.14. The Hall–Kier alpha value is -0.970. The van der Waals surface area contributed by atoms with E-state index in [1.54, 1.807) is 12.1 Å². The van der Waals surface area contributed by atoms with E-state index in [1.807, 2.05) is 6.07 Å². The zero-order valence-corrected chi connectivity index (χ0v) is 11.8. The smallest absolute Gasteiger partial charge is 0.123 e. The van der Waals surface area contributed by atoms with Gasteiger partial charge in [0.05, 0.1) is 12.7 Å². The second-order valence-corrected chi connectivity index (χ2v) is 5.81. The first-order valence-electron chi connectivity index (χ1n) is 7.62. The maximum atomic E-state index is 13.5. The molecular weight excluding hydrogens is 255 g/mol. The van der Waals surface area contributed by atoms with Crippen LogP contribution in [0.4, 0.5) is 4.39 Å². The molecule has 1 aromatic carbocycles. The Morgan fingerprint density at radius 1 is 1.35 bits per heavy atom. The standard InChI is InChI=1S/C16H23FN2O/c17-13-5-3-4-12(10-13)15(11-18)19-8-9-20-16-7-2-1-6-14(16)19/h3-5,10,14-16H,1-2,6-9,11,18H2. The monoisotopic (exact) mass is 278 g/mol. The molecule has 3 unspecified atom stereocenters. The van der Waals surface area contributed by atoms with Crippen LogP contribution in [-0.2, 0) is 4.74 Å². The SMILES string of the molecule is NCC(c1cccc(F)c1)N1CCOC2CCCCC21. The Morgan fingerprint density at radius 2 is 2.20 bits per heavy atom. The van der Waals surface area contributed by atoms with Gasteiger partial charge in [-0.1, -0.05) is 25.0 Å². The van der Waals surface area contributed by atoms with Crippen LogP contribution in [0.5, 0.6) is 0 Å². The first-order valence-corrected chi connectivity index (χ1v) is 7.62. The van der Waals surface area contributed by atoms with E-state index in [0.717, 1.165) is 31.6 Å². The molecule has 1 saturated carbocycles. The topological polar surface area (TPSA) is 38.5 Å². The highest BCUT2D eigenvalue weighted by Gasteiger charge is 2.37. The quantitative estimate of drug-likeness (QED) is 0.923. The molecule has 20 heavy (non-hydrogen) atoms. The van der Waals surface area contributed by atoms with Gasteiger partial charge in [0.2, 0.25) is 0 Å². The van der Waals surface area contributed by atoms with Crippen molar-refractivity contribution in [3.05, 3.63) is 35.6 Å². The first kappa shape index (κ1) is 14.0. The highest BCUT2D eigenvalue weighted by molar-refractivity contribution is 5.21. The van der Waals surface area contributed by atoms with Gasteiger partial charge in [0.15, 0.2) is 0 Å². The van der Waals surface area contributed by atoms with Crippen molar-refractivity contribution in [3.63, 3.8) is 0 Å². The minimum absolute atomic E-state index is 0.0974. The number of benzene rings is 1. The first-order chi connectivity index (χ1) is 9.79. The lowest BCUT2D eigenvalue weighted by Crippen LogP contribution is -2.54. The fourth-order valence-electron chi connectivity index (χ4n) is 3.69. The Balaban J connectivity index is 1.84. The van der Waals surface area contributed by atoms with E-state index in [2.05, 4.69) is 4.90 Å². The van der Waals surface area contributed by atoms with E-state index in [0.29, 0.717) is 18.7 Å². The van der Waals surface area contributed by atoms with Crippen molar-refractivity contribution >= 4 is 0 Å². The molecule has 4 heteroatoms. The lowest BCUT2D eigenvalue weighted by atomic mass is 9.88. The molecule has 110 valence electrons. The summed E-state index contributed by atoms with van der Waals surface area (Å²) in [6.45, 7) is 2.17. The molecule has 3 atom stereocenters. The Morgan fingerprint density at radius 3 is 3.00 bits per heavy atom. The molecule has 1 saturated heterocycles. The van der Waals surface area contributed by atoms with Crippen LogP contribution in [0.25, 0.3) is 0 Å². The van der Waals surface area contributed by atoms with E-state index in [9.17, 15) is 4.39 Å². The minimum Gasteiger partial charge on any atom is -0.375 e. The highest BCUT2D eigenvalue weighted by Crippen LogP contribution is 2.34. The fourth-order valence-corrected chi connectivity index (χ4v) is 3.69. The van der Waals surface area contributed by atoms with E-state index < -0.39 is 0 Å². The molecule has 1 heterocycles. The van der Waals surface area contributed by atoms with Gasteiger partial charge >= 0.3 is 0 Å². The zero-order valence-electron chi connectivity index (χ0n) is 11.8. The molecule has 2 fully saturated rings. The molecule has 0 spiro atoms. The number of morpholine rings is 1. The van der Waals surface area contributed by atoms with Crippen molar-refractivity contribution in [3.8, 4) is 0 Å². The Labute approximate surface area is 119 Å². The Bertz CT molecular complexity index is 452. The fraction of sp³-hybridized carbons (Fsp3) is 0.625. The third kappa shape index (κ3) is 2.73. The van der Waals surface area contributed by atoms with Gasteiger partial charge < -0.3 is 10.5 Å². The molecule has 1 aliphatic heterocycles. The predicted octanol–water partition coefficient (Wildman–Crippen LogP) is 2.47. The second-order valence-electron chi connectivity index (χ2n) is 5.81. The Kier molecular flexibility index (Phi) is 4.34. The molecular formula is C16H23FN2O. The molecule has 0 amide bonds. The number of fused-ring (bicyclic) bond motifs is 1. The van der Waals surface area contributed by atoms with Crippen LogP contribution in [-0.4, -0.2) is 36.7 Å². The maximum absolute atomic E-state index is 13.5. The van der Waals surface area contributed by atoms with E-state index in [-0.39, 0.29) is 11.9 Å². The van der Waals surface area contributed by atoms with E-state index >= 15 is 0 Å². The summed E-state index contributed by atoms with van der Waals surface area (Å²) in [5, 5.41) is 0. The van der Waals surface area contributed by atoms with Gasteiger partial charge in [-0.3, -0.25) is 4.90 Å². The molecule has 3 rings (SSSR count). The normalized spacial score (nSPS) is 28.9. The average molecular weight is 278 g/mol. The van der Waals surface area contributed by atoms with Gasteiger partial charge in [0, 0.05) is 25.2 Å². The molecule has 3 nitrogen and oxygen atoms in total. The summed E-state index contributed by atoms with van der Waals surface area (Å²) < 4.78 is 19.4. The number of halogens is 1. The average Bonchev–Trinajstić information content (AvgIpc) is 2.48. The molecule has 1 aromatic rings. The number of rotatable bonds is 3. The third-order valence-electron chi connectivity index (χ3n) is 4.63. The van der Waals surface area contributed by atoms with Crippen LogP contribution in [0.15, 0.2) is 24.3 Å².